The lowest BCUT2D eigenvalue weighted by molar-refractivity contribution is -0.139. The number of anilines is 1. The summed E-state index contributed by atoms with van der Waals surface area (Å²) in [5.41, 5.74) is 0.478. The van der Waals surface area contributed by atoms with Gasteiger partial charge >= 0.3 is 5.97 Å². The summed E-state index contributed by atoms with van der Waals surface area (Å²) in [7, 11) is 0. The third-order valence-electron chi connectivity index (χ3n) is 2.30. The van der Waals surface area contributed by atoms with Gasteiger partial charge in [0.1, 0.15) is 6.42 Å². The minimum atomic E-state index is -1.18. The maximum Gasteiger partial charge on any atom is 0.312 e. The van der Waals surface area contributed by atoms with Crippen LogP contribution in [0.2, 0.25) is 5.02 Å². The maximum atomic E-state index is 11.4. The number of carboxylic acid groups (broad SMARTS) is 1. The first-order valence-electron chi connectivity index (χ1n) is 5.11. The van der Waals surface area contributed by atoms with Crippen molar-refractivity contribution in [3.8, 4) is 0 Å². The monoisotopic (exact) mass is 264 g/mol. The average molecular weight is 265 g/mol. The molecule has 0 radical (unpaired) electrons. The van der Waals surface area contributed by atoms with Crippen molar-refractivity contribution in [2.45, 2.75) is 6.42 Å². The Morgan fingerprint density at radius 1 is 1.39 bits per heavy atom. The zero-order chi connectivity index (χ0) is 13.1. The topological polar surface area (TPSA) is 79.3 Å². The number of amides is 1. The Balaban J connectivity index is 2.38. The van der Waals surface area contributed by atoms with E-state index >= 15 is 0 Å². The van der Waals surface area contributed by atoms with Crippen LogP contribution >= 0.6 is 11.6 Å². The van der Waals surface area contributed by atoms with Crippen molar-refractivity contribution in [2.75, 3.05) is 5.32 Å². The van der Waals surface area contributed by atoms with Gasteiger partial charge in [-0.1, -0.05) is 11.6 Å². The number of carbonyl (C=O) groups is 2. The lowest BCUT2D eigenvalue weighted by Gasteiger charge is -2.08. The van der Waals surface area contributed by atoms with Crippen LogP contribution in [-0.4, -0.2) is 22.0 Å². The summed E-state index contributed by atoms with van der Waals surface area (Å²) in [5, 5.41) is 13.0. The van der Waals surface area contributed by atoms with Gasteiger partial charge in [0.25, 0.3) is 0 Å². The molecule has 1 aromatic carbocycles. The normalized spacial score (nSPS) is 10.3. The van der Waals surface area contributed by atoms with Gasteiger partial charge in [-0.15, -0.1) is 0 Å². The highest BCUT2D eigenvalue weighted by Crippen LogP contribution is 2.27. The Kier molecular flexibility index (Phi) is 3.43. The second-order valence-corrected chi connectivity index (χ2v) is 4.11. The second-order valence-electron chi connectivity index (χ2n) is 3.67. The Hall–Kier alpha value is -2.14. The van der Waals surface area contributed by atoms with Crippen molar-refractivity contribution < 1.29 is 14.7 Å². The summed E-state index contributed by atoms with van der Waals surface area (Å²) in [4.78, 5) is 25.8. The molecule has 0 atom stereocenters. The molecule has 1 aromatic heterocycles. The number of aliphatic carboxylic acids is 1. The highest BCUT2D eigenvalue weighted by Gasteiger charge is 2.10. The number of rotatable bonds is 3. The first-order valence-corrected chi connectivity index (χ1v) is 5.49. The van der Waals surface area contributed by atoms with Gasteiger partial charge in [0.2, 0.25) is 5.91 Å². The van der Waals surface area contributed by atoms with Gasteiger partial charge in [-0.05, 0) is 18.2 Å². The number of nitrogens with zero attached hydrogens (tertiary/aromatic N) is 1. The summed E-state index contributed by atoms with van der Waals surface area (Å²) < 4.78 is 0. The van der Waals surface area contributed by atoms with Crippen LogP contribution in [0.3, 0.4) is 0 Å². The molecule has 0 saturated carbocycles. The molecule has 0 saturated heterocycles. The summed E-state index contributed by atoms with van der Waals surface area (Å²) in [6.45, 7) is 0. The zero-order valence-corrected chi connectivity index (χ0v) is 9.94. The standard InChI is InChI=1S/C12H9ClN2O3/c13-8-3-7-6-14-2-1-9(7)10(4-8)15-11(16)5-12(17)18/h1-4,6H,5H2,(H,15,16)(H,17,18). The summed E-state index contributed by atoms with van der Waals surface area (Å²) in [6, 6.07) is 5.02. The molecule has 0 unspecified atom stereocenters. The molecule has 1 heterocycles. The van der Waals surface area contributed by atoms with E-state index in [2.05, 4.69) is 10.3 Å². The molecule has 0 aliphatic heterocycles. The molecule has 1 amide bonds. The van der Waals surface area contributed by atoms with Crippen molar-refractivity contribution in [2.24, 2.45) is 0 Å². The number of pyridine rings is 1. The van der Waals surface area contributed by atoms with Crippen LogP contribution in [0.25, 0.3) is 10.8 Å². The van der Waals surface area contributed by atoms with Crippen molar-refractivity contribution in [3.05, 3.63) is 35.6 Å². The smallest absolute Gasteiger partial charge is 0.312 e. The van der Waals surface area contributed by atoms with E-state index in [0.29, 0.717) is 10.7 Å². The number of halogens is 1. The van der Waals surface area contributed by atoms with Gasteiger partial charge < -0.3 is 10.4 Å². The SMILES string of the molecule is O=C(O)CC(=O)Nc1cc(Cl)cc2cnccc12. The van der Waals surface area contributed by atoms with Crippen LogP contribution in [0, 0.1) is 0 Å². The van der Waals surface area contributed by atoms with Crippen molar-refractivity contribution >= 4 is 39.9 Å². The van der Waals surface area contributed by atoms with E-state index < -0.39 is 18.3 Å². The van der Waals surface area contributed by atoms with E-state index in [1.165, 1.54) is 0 Å². The van der Waals surface area contributed by atoms with Crippen LogP contribution in [0.5, 0.6) is 0 Å². The fourth-order valence-electron chi connectivity index (χ4n) is 1.61. The summed E-state index contributed by atoms with van der Waals surface area (Å²) in [6.07, 6.45) is 2.62. The van der Waals surface area contributed by atoms with Crippen LogP contribution < -0.4 is 5.32 Å². The summed E-state index contributed by atoms with van der Waals surface area (Å²) >= 11 is 5.92. The van der Waals surface area contributed by atoms with Gasteiger partial charge in [-0.2, -0.15) is 0 Å². The number of carboxylic acids is 1. The molecule has 6 heteroatoms. The van der Waals surface area contributed by atoms with Crippen molar-refractivity contribution in [1.82, 2.24) is 4.98 Å². The quantitative estimate of drug-likeness (QED) is 0.834. The van der Waals surface area contributed by atoms with E-state index in [1.807, 2.05) is 0 Å². The molecule has 0 aliphatic rings. The predicted molar refractivity (Wildman–Crippen MR) is 67.6 cm³/mol. The molecule has 2 aromatic rings. The fourth-order valence-corrected chi connectivity index (χ4v) is 1.83. The number of fused-ring (bicyclic) bond motifs is 1. The number of hydrogen-bond donors (Lipinski definition) is 2. The second kappa shape index (κ2) is 5.01. The zero-order valence-electron chi connectivity index (χ0n) is 9.18. The number of hydrogen-bond acceptors (Lipinski definition) is 3. The van der Waals surface area contributed by atoms with E-state index in [1.54, 1.807) is 30.6 Å². The third kappa shape index (κ3) is 2.75. The maximum absolute atomic E-state index is 11.4. The van der Waals surface area contributed by atoms with Crippen molar-refractivity contribution in [1.29, 1.82) is 0 Å². The van der Waals surface area contributed by atoms with Gasteiger partial charge in [0.15, 0.2) is 0 Å². The first-order chi connectivity index (χ1) is 8.56. The van der Waals surface area contributed by atoms with Gasteiger partial charge in [0, 0.05) is 28.2 Å². The van der Waals surface area contributed by atoms with Crippen molar-refractivity contribution in [3.63, 3.8) is 0 Å². The lowest BCUT2D eigenvalue weighted by atomic mass is 10.1. The van der Waals surface area contributed by atoms with Crippen LogP contribution in [0.15, 0.2) is 30.6 Å². The van der Waals surface area contributed by atoms with Gasteiger partial charge in [-0.3, -0.25) is 14.6 Å². The van der Waals surface area contributed by atoms with Crippen LogP contribution in [0.1, 0.15) is 6.42 Å². The summed E-state index contributed by atoms with van der Waals surface area (Å²) in [5.74, 6) is -1.77. The number of carbonyl (C=O) groups excluding carboxylic acids is 1. The Morgan fingerprint density at radius 3 is 2.89 bits per heavy atom. The minimum absolute atomic E-state index is 0.445. The highest BCUT2D eigenvalue weighted by atomic mass is 35.5. The third-order valence-corrected chi connectivity index (χ3v) is 2.52. The number of nitrogens with one attached hydrogen (secondary N) is 1. The number of benzene rings is 1. The molecule has 18 heavy (non-hydrogen) atoms. The molecule has 92 valence electrons. The average Bonchev–Trinajstić information content (AvgIpc) is 2.27. The highest BCUT2D eigenvalue weighted by molar-refractivity contribution is 6.32. The first kappa shape index (κ1) is 12.3. The van der Waals surface area contributed by atoms with Crippen LogP contribution in [0.4, 0.5) is 5.69 Å². The molecular formula is C12H9ClN2O3. The molecule has 0 spiro atoms. The van der Waals surface area contributed by atoms with E-state index in [9.17, 15) is 9.59 Å². The molecule has 0 bridgehead atoms. The predicted octanol–water partition coefficient (Wildman–Crippen LogP) is 2.30. The fraction of sp³-hybridized carbons (Fsp3) is 0.0833. The van der Waals surface area contributed by atoms with E-state index in [-0.39, 0.29) is 0 Å². The van der Waals surface area contributed by atoms with E-state index in [4.69, 9.17) is 16.7 Å². The Morgan fingerprint density at radius 2 is 2.17 bits per heavy atom. The molecule has 0 fully saturated rings. The van der Waals surface area contributed by atoms with Gasteiger partial charge in [-0.25, -0.2) is 0 Å². The molecule has 2 N–H and O–H groups in total. The van der Waals surface area contributed by atoms with Gasteiger partial charge in [0.05, 0.1) is 5.69 Å². The molecule has 5 nitrogen and oxygen atoms in total. The van der Waals surface area contributed by atoms with E-state index in [0.717, 1.165) is 10.8 Å². The number of aromatic nitrogens is 1. The molecular weight excluding hydrogens is 256 g/mol. The molecule has 0 aliphatic carbocycles. The molecule has 2 rings (SSSR count). The largest absolute Gasteiger partial charge is 0.481 e. The lowest BCUT2D eigenvalue weighted by Crippen LogP contribution is -2.16. The Labute approximate surface area is 107 Å². The Bertz CT molecular complexity index is 628. The minimum Gasteiger partial charge on any atom is -0.481 e. The van der Waals surface area contributed by atoms with Crippen LogP contribution in [-0.2, 0) is 9.59 Å².